The maximum Gasteiger partial charge on any atom is 0.410 e. The van der Waals surface area contributed by atoms with Crippen molar-refractivity contribution in [1.82, 2.24) is 10.2 Å². The van der Waals surface area contributed by atoms with Crippen molar-refractivity contribution in [2.24, 2.45) is 0 Å². The quantitative estimate of drug-likeness (QED) is 0.886. The van der Waals surface area contributed by atoms with Crippen LogP contribution in [-0.2, 0) is 16.0 Å². The van der Waals surface area contributed by atoms with E-state index in [4.69, 9.17) is 4.74 Å². The summed E-state index contributed by atoms with van der Waals surface area (Å²) in [6.45, 7) is 6.05. The molecule has 0 spiro atoms. The third-order valence-corrected chi connectivity index (χ3v) is 4.07. The fraction of sp³-hybridized carbons (Fsp3) is 0.579. The smallest absolute Gasteiger partial charge is 0.410 e. The molecule has 26 heavy (non-hydrogen) atoms. The molecule has 1 N–H and O–H groups in total. The molecular weight excluding hydrogens is 342 g/mol. The van der Waals surface area contributed by atoms with E-state index in [1.54, 1.807) is 20.8 Å². The molecule has 0 saturated carbocycles. The molecule has 1 saturated heterocycles. The highest BCUT2D eigenvalue weighted by molar-refractivity contribution is 5.85. The second kappa shape index (κ2) is 8.47. The van der Waals surface area contributed by atoms with Crippen LogP contribution in [0.3, 0.4) is 0 Å². The first-order valence-corrected chi connectivity index (χ1v) is 8.88. The van der Waals surface area contributed by atoms with Crippen molar-refractivity contribution in [2.75, 3.05) is 13.1 Å². The zero-order valence-corrected chi connectivity index (χ0v) is 15.5. The van der Waals surface area contributed by atoms with Gasteiger partial charge in [0.1, 0.15) is 23.3 Å². The summed E-state index contributed by atoms with van der Waals surface area (Å²) in [5, 5.41) is 2.75. The van der Waals surface area contributed by atoms with E-state index in [1.807, 2.05) is 0 Å². The largest absolute Gasteiger partial charge is 0.444 e. The molecule has 1 atom stereocenters. The van der Waals surface area contributed by atoms with Crippen LogP contribution in [0.15, 0.2) is 18.2 Å². The topological polar surface area (TPSA) is 58.6 Å². The van der Waals surface area contributed by atoms with Crippen LogP contribution in [-0.4, -0.2) is 41.6 Å². The average Bonchev–Trinajstić information content (AvgIpc) is 2.52. The van der Waals surface area contributed by atoms with E-state index in [0.29, 0.717) is 24.9 Å². The van der Waals surface area contributed by atoms with Gasteiger partial charge < -0.3 is 10.1 Å². The third kappa shape index (κ3) is 5.97. The Hall–Kier alpha value is -2.18. The van der Waals surface area contributed by atoms with Gasteiger partial charge in [-0.3, -0.25) is 9.69 Å². The summed E-state index contributed by atoms with van der Waals surface area (Å²) in [4.78, 5) is 26.3. The highest BCUT2D eigenvalue weighted by atomic mass is 19.1. The van der Waals surface area contributed by atoms with Crippen molar-refractivity contribution >= 4 is 12.0 Å². The van der Waals surface area contributed by atoms with Crippen LogP contribution in [0.2, 0.25) is 0 Å². The maximum atomic E-state index is 13.2. The molecular formula is C19H26F2N2O3. The van der Waals surface area contributed by atoms with Gasteiger partial charge in [0.15, 0.2) is 0 Å². The van der Waals surface area contributed by atoms with Gasteiger partial charge in [0, 0.05) is 19.2 Å². The maximum absolute atomic E-state index is 13.2. The Balaban J connectivity index is 1.92. The molecule has 0 aliphatic carbocycles. The number of benzene rings is 1. The van der Waals surface area contributed by atoms with E-state index in [2.05, 4.69) is 5.32 Å². The van der Waals surface area contributed by atoms with Gasteiger partial charge in [-0.15, -0.1) is 0 Å². The summed E-state index contributed by atoms with van der Waals surface area (Å²) in [6, 6.07) is 2.71. The van der Waals surface area contributed by atoms with Crippen LogP contribution in [0.4, 0.5) is 13.6 Å². The van der Waals surface area contributed by atoms with Gasteiger partial charge in [-0.1, -0.05) is 0 Å². The molecule has 2 rings (SSSR count). The Kier molecular flexibility index (Phi) is 6.56. The predicted octanol–water partition coefficient (Wildman–Crippen LogP) is 3.41. The van der Waals surface area contributed by atoms with Crippen molar-refractivity contribution in [2.45, 2.75) is 58.1 Å². The molecule has 1 aromatic carbocycles. The standard InChI is InChI=1S/C19H26F2N2O3/c1-19(2,3)26-18(25)23-9-5-4-6-16(23)17(24)22-8-7-13-10-14(20)12-15(21)11-13/h10-12,16H,4-9H2,1-3H3,(H,22,24)/t16-/m1/s1. The fourth-order valence-corrected chi connectivity index (χ4v) is 2.95. The number of halogens is 2. The zero-order valence-electron chi connectivity index (χ0n) is 15.5. The van der Waals surface area contributed by atoms with Gasteiger partial charge in [-0.25, -0.2) is 13.6 Å². The van der Waals surface area contributed by atoms with Crippen LogP contribution in [0.5, 0.6) is 0 Å². The normalized spacial score (nSPS) is 17.7. The van der Waals surface area contributed by atoms with Crippen molar-refractivity contribution < 1.29 is 23.1 Å². The number of nitrogens with zero attached hydrogens (tertiary/aromatic N) is 1. The molecule has 0 bridgehead atoms. The van der Waals surface area contributed by atoms with Crippen LogP contribution >= 0.6 is 0 Å². The molecule has 144 valence electrons. The van der Waals surface area contributed by atoms with Gasteiger partial charge in [0.2, 0.25) is 5.91 Å². The zero-order chi connectivity index (χ0) is 19.3. The van der Waals surface area contributed by atoms with Gasteiger partial charge in [0.05, 0.1) is 0 Å². The van der Waals surface area contributed by atoms with Crippen LogP contribution in [0.1, 0.15) is 45.6 Å². The second-order valence-corrected chi connectivity index (χ2v) is 7.50. The fourth-order valence-electron chi connectivity index (χ4n) is 2.95. The lowest BCUT2D eigenvalue weighted by molar-refractivity contribution is -0.127. The van der Waals surface area contributed by atoms with Gasteiger partial charge in [-0.2, -0.15) is 0 Å². The summed E-state index contributed by atoms with van der Waals surface area (Å²) in [6.07, 6.45) is 2.06. The molecule has 1 aliphatic heterocycles. The number of rotatable bonds is 4. The Labute approximate surface area is 152 Å². The van der Waals surface area contributed by atoms with Crippen molar-refractivity contribution in [3.63, 3.8) is 0 Å². The number of amides is 2. The van der Waals surface area contributed by atoms with E-state index < -0.39 is 29.4 Å². The van der Waals surface area contributed by atoms with Gasteiger partial charge >= 0.3 is 6.09 Å². The number of carbonyl (C=O) groups excluding carboxylic acids is 2. The van der Waals surface area contributed by atoms with Crippen molar-refractivity contribution in [1.29, 1.82) is 0 Å². The van der Waals surface area contributed by atoms with Crippen molar-refractivity contribution in [3.8, 4) is 0 Å². The van der Waals surface area contributed by atoms with Gasteiger partial charge in [-0.05, 0) is 64.2 Å². The van der Waals surface area contributed by atoms with E-state index in [0.717, 1.165) is 18.9 Å². The lowest BCUT2D eigenvalue weighted by Crippen LogP contribution is -2.53. The van der Waals surface area contributed by atoms with Crippen molar-refractivity contribution in [3.05, 3.63) is 35.4 Å². The first-order chi connectivity index (χ1) is 12.2. The minimum Gasteiger partial charge on any atom is -0.444 e. The summed E-state index contributed by atoms with van der Waals surface area (Å²) in [5.41, 5.74) is -0.160. The molecule has 0 unspecified atom stereocenters. The lowest BCUT2D eigenvalue weighted by atomic mass is 10.0. The molecule has 1 fully saturated rings. The number of piperidine rings is 1. The highest BCUT2D eigenvalue weighted by Gasteiger charge is 2.34. The van der Waals surface area contributed by atoms with Gasteiger partial charge in [0.25, 0.3) is 0 Å². The molecule has 0 aromatic heterocycles. The minimum absolute atomic E-state index is 0.236. The first-order valence-electron chi connectivity index (χ1n) is 8.88. The first kappa shape index (κ1) is 20.1. The number of nitrogens with one attached hydrogen (secondary N) is 1. The van der Waals surface area contributed by atoms with E-state index in [-0.39, 0.29) is 12.5 Å². The van der Waals surface area contributed by atoms with E-state index >= 15 is 0 Å². The number of hydrogen-bond donors (Lipinski definition) is 1. The Bertz CT molecular complexity index is 638. The number of hydrogen-bond acceptors (Lipinski definition) is 3. The highest BCUT2D eigenvalue weighted by Crippen LogP contribution is 2.20. The van der Waals surface area contributed by atoms with Crippen LogP contribution < -0.4 is 5.32 Å². The van der Waals surface area contributed by atoms with E-state index in [1.165, 1.54) is 17.0 Å². The molecule has 2 amide bonds. The van der Waals surface area contributed by atoms with E-state index in [9.17, 15) is 18.4 Å². The Morgan fingerprint density at radius 3 is 2.46 bits per heavy atom. The summed E-state index contributed by atoms with van der Waals surface area (Å²) < 4.78 is 31.8. The lowest BCUT2D eigenvalue weighted by Gasteiger charge is -2.35. The molecule has 1 aliphatic rings. The van der Waals surface area contributed by atoms with Crippen LogP contribution in [0.25, 0.3) is 0 Å². The van der Waals surface area contributed by atoms with Crippen LogP contribution in [0, 0.1) is 11.6 Å². The third-order valence-electron chi connectivity index (χ3n) is 4.07. The number of ether oxygens (including phenoxy) is 1. The summed E-state index contributed by atoms with van der Waals surface area (Å²) >= 11 is 0. The summed E-state index contributed by atoms with van der Waals surface area (Å²) in [5.74, 6) is -1.56. The molecule has 1 heterocycles. The monoisotopic (exact) mass is 368 g/mol. The predicted molar refractivity (Wildman–Crippen MR) is 93.7 cm³/mol. The number of likely N-dealkylation sites (tertiary alicyclic amines) is 1. The molecule has 1 aromatic rings. The molecule has 5 nitrogen and oxygen atoms in total. The average molecular weight is 368 g/mol. The number of carbonyl (C=O) groups is 2. The summed E-state index contributed by atoms with van der Waals surface area (Å²) in [7, 11) is 0. The molecule has 7 heteroatoms. The molecule has 0 radical (unpaired) electrons. The minimum atomic E-state index is -0.644. The second-order valence-electron chi connectivity index (χ2n) is 7.50. The SMILES string of the molecule is CC(C)(C)OC(=O)N1CCCC[C@@H]1C(=O)NCCc1cc(F)cc(F)c1. The Morgan fingerprint density at radius 2 is 1.85 bits per heavy atom. The Morgan fingerprint density at radius 1 is 1.19 bits per heavy atom.